The van der Waals surface area contributed by atoms with Crippen LogP contribution in [0.4, 0.5) is 10.2 Å². The van der Waals surface area contributed by atoms with E-state index >= 15 is 0 Å². The summed E-state index contributed by atoms with van der Waals surface area (Å²) in [6, 6.07) is 8.71. The van der Waals surface area contributed by atoms with Gasteiger partial charge in [-0.3, -0.25) is 0 Å². The zero-order chi connectivity index (χ0) is 11.7. The lowest BCUT2D eigenvalue weighted by Crippen LogP contribution is -2.04. The van der Waals surface area contributed by atoms with E-state index in [9.17, 15) is 4.39 Å². The van der Waals surface area contributed by atoms with Crippen molar-refractivity contribution in [1.82, 2.24) is 4.57 Å². The number of hydrogen-bond acceptors (Lipinski definition) is 1. The average molecular weight is 218 g/mol. The predicted molar refractivity (Wildman–Crippen MR) is 64.6 cm³/mol. The molecular formula is C13H15FN2. The van der Waals surface area contributed by atoms with E-state index in [1.807, 2.05) is 22.9 Å². The molecule has 3 heteroatoms. The molecule has 0 fully saturated rings. The molecule has 0 aliphatic carbocycles. The number of nitrogen functional groups attached to an aromatic ring is 1. The number of nitrogens with zero attached hydrogens (tertiary/aromatic N) is 1. The largest absolute Gasteiger partial charge is 0.385 e. The first-order valence-electron chi connectivity index (χ1n) is 5.32. The highest BCUT2D eigenvalue weighted by molar-refractivity contribution is 5.74. The molecular weight excluding hydrogens is 203 g/mol. The highest BCUT2D eigenvalue weighted by Gasteiger charge is 2.09. The van der Waals surface area contributed by atoms with Crippen molar-refractivity contribution >= 4 is 5.82 Å². The standard InChI is InChI=1S/C13H15FN2/c1-9(2)16-7-6-12(13(16)15)10-4-3-5-11(14)8-10/h3-9H,15H2,1-2H3. The van der Waals surface area contributed by atoms with Gasteiger partial charge >= 0.3 is 0 Å². The maximum absolute atomic E-state index is 13.1. The quantitative estimate of drug-likeness (QED) is 0.822. The second-order valence-corrected chi connectivity index (χ2v) is 4.13. The van der Waals surface area contributed by atoms with Crippen LogP contribution in [0.2, 0.25) is 0 Å². The first kappa shape index (κ1) is 10.7. The van der Waals surface area contributed by atoms with Gasteiger partial charge in [-0.15, -0.1) is 0 Å². The number of rotatable bonds is 2. The molecule has 2 rings (SSSR count). The molecule has 0 aliphatic rings. The summed E-state index contributed by atoms with van der Waals surface area (Å²) >= 11 is 0. The molecule has 0 saturated carbocycles. The Kier molecular flexibility index (Phi) is 2.69. The van der Waals surface area contributed by atoms with E-state index in [2.05, 4.69) is 13.8 Å². The fourth-order valence-electron chi connectivity index (χ4n) is 1.81. The predicted octanol–water partition coefficient (Wildman–Crippen LogP) is 3.46. The molecule has 1 aromatic heterocycles. The lowest BCUT2D eigenvalue weighted by Gasteiger charge is -2.10. The minimum atomic E-state index is -0.241. The van der Waals surface area contributed by atoms with Crippen molar-refractivity contribution in [1.29, 1.82) is 0 Å². The normalized spacial score (nSPS) is 11.0. The van der Waals surface area contributed by atoms with E-state index in [4.69, 9.17) is 5.73 Å². The van der Waals surface area contributed by atoms with Crippen LogP contribution in [0.25, 0.3) is 11.1 Å². The molecule has 1 heterocycles. The van der Waals surface area contributed by atoms with E-state index in [-0.39, 0.29) is 5.82 Å². The van der Waals surface area contributed by atoms with E-state index in [0.717, 1.165) is 11.1 Å². The summed E-state index contributed by atoms with van der Waals surface area (Å²) < 4.78 is 15.1. The van der Waals surface area contributed by atoms with Gasteiger partial charge in [0.1, 0.15) is 11.6 Å². The van der Waals surface area contributed by atoms with Crippen molar-refractivity contribution < 1.29 is 4.39 Å². The fourth-order valence-corrected chi connectivity index (χ4v) is 1.81. The van der Waals surface area contributed by atoms with Crippen LogP contribution in [0, 0.1) is 5.82 Å². The summed E-state index contributed by atoms with van der Waals surface area (Å²) in [7, 11) is 0. The van der Waals surface area contributed by atoms with Gasteiger partial charge in [-0.05, 0) is 37.6 Å². The van der Waals surface area contributed by atoms with Crippen LogP contribution < -0.4 is 5.73 Å². The minimum absolute atomic E-state index is 0.241. The first-order valence-corrected chi connectivity index (χ1v) is 5.32. The fraction of sp³-hybridized carbons (Fsp3) is 0.231. The number of aromatic nitrogens is 1. The second kappa shape index (κ2) is 4.00. The molecule has 0 amide bonds. The lowest BCUT2D eigenvalue weighted by molar-refractivity contribution is 0.612. The van der Waals surface area contributed by atoms with Crippen LogP contribution in [-0.4, -0.2) is 4.57 Å². The zero-order valence-corrected chi connectivity index (χ0v) is 9.44. The number of halogens is 1. The van der Waals surface area contributed by atoms with E-state index in [1.165, 1.54) is 12.1 Å². The molecule has 0 atom stereocenters. The molecule has 2 N–H and O–H groups in total. The summed E-state index contributed by atoms with van der Waals surface area (Å²) in [4.78, 5) is 0. The van der Waals surface area contributed by atoms with Crippen LogP contribution in [0.1, 0.15) is 19.9 Å². The van der Waals surface area contributed by atoms with Crippen LogP contribution >= 0.6 is 0 Å². The van der Waals surface area contributed by atoms with Crippen molar-refractivity contribution in [3.05, 3.63) is 42.3 Å². The van der Waals surface area contributed by atoms with Gasteiger partial charge in [-0.1, -0.05) is 12.1 Å². The Bertz CT molecular complexity index is 500. The van der Waals surface area contributed by atoms with Gasteiger partial charge in [-0.2, -0.15) is 0 Å². The molecule has 0 unspecified atom stereocenters. The molecule has 0 aliphatic heterocycles. The number of nitrogens with two attached hydrogens (primary N) is 1. The maximum Gasteiger partial charge on any atom is 0.123 e. The minimum Gasteiger partial charge on any atom is -0.385 e. The van der Waals surface area contributed by atoms with Gasteiger partial charge in [0.2, 0.25) is 0 Å². The van der Waals surface area contributed by atoms with E-state index in [1.54, 1.807) is 6.07 Å². The van der Waals surface area contributed by atoms with E-state index in [0.29, 0.717) is 11.9 Å². The third-order valence-corrected chi connectivity index (χ3v) is 2.65. The van der Waals surface area contributed by atoms with Crippen molar-refractivity contribution in [3.63, 3.8) is 0 Å². The van der Waals surface area contributed by atoms with Crippen LogP contribution in [0.3, 0.4) is 0 Å². The first-order chi connectivity index (χ1) is 7.59. The van der Waals surface area contributed by atoms with Crippen molar-refractivity contribution in [3.8, 4) is 11.1 Å². The molecule has 2 nitrogen and oxygen atoms in total. The molecule has 84 valence electrons. The summed E-state index contributed by atoms with van der Waals surface area (Å²) in [6.45, 7) is 4.12. The molecule has 0 spiro atoms. The van der Waals surface area contributed by atoms with Crippen LogP contribution in [-0.2, 0) is 0 Å². The van der Waals surface area contributed by atoms with Crippen molar-refractivity contribution in [2.75, 3.05) is 5.73 Å². The SMILES string of the molecule is CC(C)n1ccc(-c2cccc(F)c2)c1N. The third-order valence-electron chi connectivity index (χ3n) is 2.65. The molecule has 16 heavy (non-hydrogen) atoms. The molecule has 2 aromatic rings. The highest BCUT2D eigenvalue weighted by Crippen LogP contribution is 2.29. The van der Waals surface area contributed by atoms with E-state index < -0.39 is 0 Å². The Hall–Kier alpha value is -1.77. The Morgan fingerprint density at radius 2 is 2.00 bits per heavy atom. The average Bonchev–Trinajstić information content (AvgIpc) is 2.60. The van der Waals surface area contributed by atoms with Gasteiger partial charge in [0, 0.05) is 17.8 Å². The monoisotopic (exact) mass is 218 g/mol. The van der Waals surface area contributed by atoms with Gasteiger partial charge in [0.25, 0.3) is 0 Å². The summed E-state index contributed by atoms with van der Waals surface area (Å²) in [6.07, 6.45) is 1.93. The number of anilines is 1. The summed E-state index contributed by atoms with van der Waals surface area (Å²) in [5.41, 5.74) is 7.73. The van der Waals surface area contributed by atoms with Gasteiger partial charge in [-0.25, -0.2) is 4.39 Å². The Morgan fingerprint density at radius 1 is 1.25 bits per heavy atom. The number of benzene rings is 1. The van der Waals surface area contributed by atoms with Gasteiger partial charge in [0.05, 0.1) is 0 Å². The topological polar surface area (TPSA) is 30.9 Å². The van der Waals surface area contributed by atoms with Crippen molar-refractivity contribution in [2.45, 2.75) is 19.9 Å². The smallest absolute Gasteiger partial charge is 0.123 e. The third kappa shape index (κ3) is 1.81. The zero-order valence-electron chi connectivity index (χ0n) is 9.44. The molecule has 0 radical (unpaired) electrons. The summed E-state index contributed by atoms with van der Waals surface area (Å²) in [5.74, 6) is 0.440. The molecule has 0 bridgehead atoms. The Labute approximate surface area is 94.5 Å². The second-order valence-electron chi connectivity index (χ2n) is 4.13. The van der Waals surface area contributed by atoms with Gasteiger partial charge in [0.15, 0.2) is 0 Å². The summed E-state index contributed by atoms with van der Waals surface area (Å²) in [5, 5.41) is 0. The molecule has 1 aromatic carbocycles. The molecule has 0 saturated heterocycles. The number of hydrogen-bond donors (Lipinski definition) is 1. The Balaban J connectivity index is 2.49. The maximum atomic E-state index is 13.1. The van der Waals surface area contributed by atoms with Crippen LogP contribution in [0.15, 0.2) is 36.5 Å². The van der Waals surface area contributed by atoms with Crippen LogP contribution in [0.5, 0.6) is 0 Å². The van der Waals surface area contributed by atoms with Crippen molar-refractivity contribution in [2.24, 2.45) is 0 Å². The lowest BCUT2D eigenvalue weighted by atomic mass is 10.1. The van der Waals surface area contributed by atoms with Gasteiger partial charge < -0.3 is 10.3 Å². The Morgan fingerprint density at radius 3 is 2.56 bits per heavy atom. The highest BCUT2D eigenvalue weighted by atomic mass is 19.1.